The summed E-state index contributed by atoms with van der Waals surface area (Å²) < 4.78 is 0. The molecule has 1 saturated carbocycles. The number of halogens is 2. The molecular formula is C17H14Cl2N4OS. The van der Waals surface area contributed by atoms with E-state index in [0.717, 1.165) is 34.3 Å². The Balaban J connectivity index is 1.90. The Morgan fingerprint density at radius 3 is 2.68 bits per heavy atom. The van der Waals surface area contributed by atoms with Crippen LogP contribution in [0.4, 0.5) is 5.95 Å². The first kappa shape index (κ1) is 16.6. The molecule has 0 aliphatic heterocycles. The van der Waals surface area contributed by atoms with Crippen molar-refractivity contribution in [1.29, 1.82) is 0 Å². The molecule has 2 N–H and O–H groups in total. The fraction of sp³-hybridized carbons (Fsp3) is 0.235. The normalized spacial score (nSPS) is 13.9. The van der Waals surface area contributed by atoms with E-state index in [0.29, 0.717) is 26.9 Å². The number of carbonyl (C=O) groups excluding carboxylic acids is 1. The smallest absolute Gasteiger partial charge is 0.261 e. The van der Waals surface area contributed by atoms with Crippen LogP contribution in [0.1, 0.15) is 22.5 Å². The average Bonchev–Trinajstić information content (AvgIpc) is 3.31. The van der Waals surface area contributed by atoms with Crippen LogP contribution in [0.15, 0.2) is 24.3 Å². The number of rotatable bonds is 4. The molecule has 1 amide bonds. The molecule has 3 aromatic rings. The second-order valence-electron chi connectivity index (χ2n) is 5.85. The number of benzene rings is 1. The maximum absolute atomic E-state index is 12.0. The van der Waals surface area contributed by atoms with Crippen LogP contribution >= 0.6 is 34.5 Å². The number of nitrogens with one attached hydrogen (secondary N) is 2. The lowest BCUT2D eigenvalue weighted by Gasteiger charge is -2.08. The zero-order chi connectivity index (χ0) is 17.6. The van der Waals surface area contributed by atoms with Crippen LogP contribution < -0.4 is 10.6 Å². The lowest BCUT2D eigenvalue weighted by atomic mass is 10.1. The predicted molar refractivity (Wildman–Crippen MR) is 103 cm³/mol. The van der Waals surface area contributed by atoms with Crippen molar-refractivity contribution in [3.05, 3.63) is 39.2 Å². The summed E-state index contributed by atoms with van der Waals surface area (Å²) in [6.45, 7) is 0. The number of aromatic nitrogens is 2. The minimum absolute atomic E-state index is 0.139. The van der Waals surface area contributed by atoms with E-state index in [2.05, 4.69) is 20.6 Å². The van der Waals surface area contributed by atoms with Crippen molar-refractivity contribution in [3.63, 3.8) is 0 Å². The largest absolute Gasteiger partial charge is 0.354 e. The van der Waals surface area contributed by atoms with Gasteiger partial charge in [0.25, 0.3) is 5.91 Å². The molecule has 4 rings (SSSR count). The minimum Gasteiger partial charge on any atom is -0.354 e. The molecule has 0 unspecified atom stereocenters. The number of carbonyl (C=O) groups is 1. The Labute approximate surface area is 158 Å². The average molecular weight is 393 g/mol. The monoisotopic (exact) mass is 392 g/mol. The lowest BCUT2D eigenvalue weighted by Crippen LogP contribution is -2.15. The first-order valence-corrected chi connectivity index (χ1v) is 9.38. The van der Waals surface area contributed by atoms with Crippen molar-refractivity contribution in [1.82, 2.24) is 15.3 Å². The number of anilines is 1. The summed E-state index contributed by atoms with van der Waals surface area (Å²) in [5, 5.41) is 7.74. The highest BCUT2D eigenvalue weighted by Crippen LogP contribution is 2.36. The Hall–Kier alpha value is -1.89. The van der Waals surface area contributed by atoms with Crippen LogP contribution in [0.25, 0.3) is 21.5 Å². The molecule has 0 saturated heterocycles. The molecular weight excluding hydrogens is 379 g/mol. The van der Waals surface area contributed by atoms with Gasteiger partial charge in [-0.3, -0.25) is 4.79 Å². The fourth-order valence-corrected chi connectivity index (χ4v) is 3.77. The molecule has 2 heterocycles. The highest BCUT2D eigenvalue weighted by Gasteiger charge is 2.23. The molecule has 8 heteroatoms. The highest BCUT2D eigenvalue weighted by molar-refractivity contribution is 7.20. The van der Waals surface area contributed by atoms with E-state index in [1.807, 2.05) is 12.1 Å². The first-order valence-electron chi connectivity index (χ1n) is 7.81. The fourth-order valence-electron chi connectivity index (χ4n) is 2.49. The molecule has 25 heavy (non-hydrogen) atoms. The maximum atomic E-state index is 12.0. The molecule has 128 valence electrons. The van der Waals surface area contributed by atoms with E-state index >= 15 is 0 Å². The van der Waals surface area contributed by atoms with Crippen LogP contribution in [0.2, 0.25) is 10.0 Å². The molecule has 0 bridgehead atoms. The molecule has 1 aliphatic rings. The summed E-state index contributed by atoms with van der Waals surface area (Å²) in [6, 6.07) is 7.64. The van der Waals surface area contributed by atoms with Crippen molar-refractivity contribution < 1.29 is 4.79 Å². The van der Waals surface area contributed by atoms with Crippen molar-refractivity contribution in [2.75, 3.05) is 12.4 Å². The van der Waals surface area contributed by atoms with Gasteiger partial charge < -0.3 is 10.6 Å². The molecule has 1 aromatic carbocycles. The second-order valence-corrected chi connectivity index (χ2v) is 7.70. The number of nitrogens with zero attached hydrogens (tertiary/aromatic N) is 2. The highest BCUT2D eigenvalue weighted by atomic mass is 35.5. The summed E-state index contributed by atoms with van der Waals surface area (Å²) >= 11 is 13.6. The van der Waals surface area contributed by atoms with Gasteiger partial charge in [0.05, 0.1) is 20.6 Å². The Morgan fingerprint density at radius 1 is 1.20 bits per heavy atom. The van der Waals surface area contributed by atoms with Gasteiger partial charge in [0, 0.05) is 24.0 Å². The predicted octanol–water partition coefficient (Wildman–Crippen LogP) is 4.60. The van der Waals surface area contributed by atoms with Gasteiger partial charge in [0.2, 0.25) is 5.95 Å². The van der Waals surface area contributed by atoms with Crippen LogP contribution in [-0.4, -0.2) is 29.0 Å². The first-order chi connectivity index (χ1) is 12.0. The van der Waals surface area contributed by atoms with Crippen LogP contribution in [0, 0.1) is 0 Å². The van der Waals surface area contributed by atoms with Gasteiger partial charge in [0.15, 0.2) is 0 Å². The number of fused-ring (bicyclic) bond motifs is 1. The van der Waals surface area contributed by atoms with Crippen LogP contribution in [-0.2, 0) is 0 Å². The van der Waals surface area contributed by atoms with Crippen LogP contribution in [0.3, 0.4) is 0 Å². The molecule has 1 fully saturated rings. The van der Waals surface area contributed by atoms with Crippen molar-refractivity contribution >= 4 is 56.6 Å². The number of hydrogen-bond donors (Lipinski definition) is 2. The van der Waals surface area contributed by atoms with E-state index in [4.69, 9.17) is 23.2 Å². The van der Waals surface area contributed by atoms with Gasteiger partial charge in [-0.1, -0.05) is 29.3 Å². The molecule has 1 aliphatic carbocycles. The third-order valence-corrected chi connectivity index (χ3v) is 5.71. The molecule has 0 spiro atoms. The van der Waals surface area contributed by atoms with Gasteiger partial charge in [-0.15, -0.1) is 11.3 Å². The maximum Gasteiger partial charge on any atom is 0.261 e. The van der Waals surface area contributed by atoms with E-state index in [1.165, 1.54) is 11.3 Å². The molecule has 0 atom stereocenters. The van der Waals surface area contributed by atoms with Gasteiger partial charge in [0.1, 0.15) is 4.83 Å². The van der Waals surface area contributed by atoms with Crippen molar-refractivity contribution in [2.24, 2.45) is 0 Å². The number of thiophene rings is 1. The Morgan fingerprint density at radius 2 is 2.00 bits per heavy atom. The van der Waals surface area contributed by atoms with E-state index in [1.54, 1.807) is 19.2 Å². The number of amides is 1. The van der Waals surface area contributed by atoms with Gasteiger partial charge in [-0.2, -0.15) is 0 Å². The Kier molecular flexibility index (Phi) is 4.27. The lowest BCUT2D eigenvalue weighted by molar-refractivity contribution is 0.0967. The van der Waals surface area contributed by atoms with Crippen molar-refractivity contribution in [2.45, 2.75) is 18.9 Å². The summed E-state index contributed by atoms with van der Waals surface area (Å²) in [4.78, 5) is 22.6. The summed E-state index contributed by atoms with van der Waals surface area (Å²) in [5.41, 5.74) is 1.57. The standard InChI is InChI=1S/C17H14Cl2N4OS/c1-20-15(24)13-7-10-14(8-2-5-11(18)12(19)6-8)22-17(21-9-3-4-9)23-16(10)25-13/h2,5-7,9H,3-4H2,1H3,(H,20,24)(H,21,22,23). The quantitative estimate of drug-likeness (QED) is 0.680. The zero-order valence-corrected chi connectivity index (χ0v) is 15.6. The van der Waals surface area contributed by atoms with Gasteiger partial charge >= 0.3 is 0 Å². The summed E-state index contributed by atoms with van der Waals surface area (Å²) in [7, 11) is 1.61. The summed E-state index contributed by atoms with van der Waals surface area (Å²) in [5.74, 6) is 0.432. The second kappa shape index (κ2) is 6.44. The zero-order valence-electron chi connectivity index (χ0n) is 13.3. The third kappa shape index (κ3) is 3.29. The van der Waals surface area contributed by atoms with E-state index in [9.17, 15) is 4.79 Å². The van der Waals surface area contributed by atoms with Crippen molar-refractivity contribution in [3.8, 4) is 11.3 Å². The molecule has 0 radical (unpaired) electrons. The molecule has 5 nitrogen and oxygen atoms in total. The minimum atomic E-state index is -0.139. The third-order valence-electron chi connectivity index (χ3n) is 3.95. The Bertz CT molecular complexity index is 984. The van der Waals surface area contributed by atoms with E-state index in [-0.39, 0.29) is 5.91 Å². The topological polar surface area (TPSA) is 66.9 Å². The van der Waals surface area contributed by atoms with Gasteiger partial charge in [-0.05, 0) is 31.0 Å². The summed E-state index contributed by atoms with van der Waals surface area (Å²) in [6.07, 6.45) is 2.24. The SMILES string of the molecule is CNC(=O)c1cc2c(-c3ccc(Cl)c(Cl)c3)nc(NC3CC3)nc2s1. The molecule has 2 aromatic heterocycles. The number of hydrogen-bond acceptors (Lipinski definition) is 5. The van der Waals surface area contributed by atoms with Gasteiger partial charge in [-0.25, -0.2) is 9.97 Å². The van der Waals surface area contributed by atoms with Crippen LogP contribution in [0.5, 0.6) is 0 Å². The van der Waals surface area contributed by atoms with E-state index < -0.39 is 0 Å².